The van der Waals surface area contributed by atoms with E-state index < -0.39 is 0 Å². The zero-order chi connectivity index (χ0) is 13.7. The van der Waals surface area contributed by atoms with Crippen molar-refractivity contribution in [1.82, 2.24) is 5.32 Å². The molecule has 3 heteroatoms. The van der Waals surface area contributed by atoms with Crippen LogP contribution in [-0.2, 0) is 12.3 Å². The Labute approximate surface area is 119 Å². The van der Waals surface area contributed by atoms with E-state index in [1.807, 2.05) is 0 Å². The Morgan fingerprint density at radius 2 is 1.79 bits per heavy atom. The first-order valence-corrected chi connectivity index (χ1v) is 7.95. The van der Waals surface area contributed by atoms with Crippen LogP contribution < -0.4 is 5.32 Å². The zero-order valence-corrected chi connectivity index (χ0v) is 12.6. The van der Waals surface area contributed by atoms with Crippen molar-refractivity contribution >= 4 is 11.8 Å². The molecule has 1 N–H and O–H groups in total. The van der Waals surface area contributed by atoms with E-state index in [2.05, 4.69) is 61.8 Å². The van der Waals surface area contributed by atoms with Gasteiger partial charge in [-0.05, 0) is 37.8 Å². The molecule has 0 amide bonds. The van der Waals surface area contributed by atoms with Gasteiger partial charge in [-0.1, -0.05) is 29.8 Å². The lowest BCUT2D eigenvalue weighted by atomic mass is 10.1. The fraction of sp³-hybridized carbons (Fsp3) is 0.375. The number of hydrogen-bond donors (Lipinski definition) is 1. The van der Waals surface area contributed by atoms with E-state index in [9.17, 15) is 0 Å². The van der Waals surface area contributed by atoms with Crippen LogP contribution in [0.4, 0.5) is 0 Å². The van der Waals surface area contributed by atoms with Crippen molar-refractivity contribution in [3.8, 4) is 0 Å². The van der Waals surface area contributed by atoms with Crippen molar-refractivity contribution in [2.45, 2.75) is 32.2 Å². The number of aryl methyl sites for hydroxylation is 1. The van der Waals surface area contributed by atoms with Crippen LogP contribution in [0.2, 0.25) is 0 Å². The molecule has 2 nitrogen and oxygen atoms in total. The number of nitrogens with one attached hydrogen (secondary N) is 1. The highest BCUT2D eigenvalue weighted by molar-refractivity contribution is 7.97. The molecule has 0 saturated carbocycles. The lowest BCUT2D eigenvalue weighted by molar-refractivity contribution is 0.442. The topological polar surface area (TPSA) is 25.2 Å². The van der Waals surface area contributed by atoms with E-state index in [4.69, 9.17) is 4.42 Å². The molecule has 102 valence electrons. The second-order valence-corrected chi connectivity index (χ2v) is 5.68. The molecular formula is C16H21NOS. The molecule has 1 aromatic heterocycles. The predicted molar refractivity (Wildman–Crippen MR) is 82.4 cm³/mol. The normalized spacial score (nSPS) is 12.6. The molecule has 19 heavy (non-hydrogen) atoms. The minimum Gasteiger partial charge on any atom is -0.464 e. The molecule has 0 unspecified atom stereocenters. The maximum absolute atomic E-state index is 5.75. The summed E-state index contributed by atoms with van der Waals surface area (Å²) in [5.74, 6) is 2.99. The average molecular weight is 275 g/mol. The fourth-order valence-corrected chi connectivity index (χ4v) is 2.40. The largest absolute Gasteiger partial charge is 0.464 e. The van der Waals surface area contributed by atoms with Crippen LogP contribution in [0.5, 0.6) is 0 Å². The van der Waals surface area contributed by atoms with Gasteiger partial charge in [0.2, 0.25) is 0 Å². The van der Waals surface area contributed by atoms with Crippen molar-refractivity contribution in [2.75, 3.05) is 6.26 Å². The summed E-state index contributed by atoms with van der Waals surface area (Å²) in [7, 11) is 0. The zero-order valence-electron chi connectivity index (χ0n) is 11.8. The quantitative estimate of drug-likeness (QED) is 0.851. The van der Waals surface area contributed by atoms with Crippen molar-refractivity contribution in [3.05, 3.63) is 59.0 Å². The summed E-state index contributed by atoms with van der Waals surface area (Å²) in [4.78, 5) is 0. The van der Waals surface area contributed by atoms with Gasteiger partial charge in [-0.25, -0.2) is 0 Å². The molecule has 1 atom stereocenters. The minimum absolute atomic E-state index is 0.328. The monoisotopic (exact) mass is 275 g/mol. The Balaban J connectivity index is 1.88. The Kier molecular flexibility index (Phi) is 5.11. The maximum Gasteiger partial charge on any atom is 0.118 e. The number of benzene rings is 1. The van der Waals surface area contributed by atoms with Gasteiger partial charge in [-0.15, -0.1) is 0 Å². The summed E-state index contributed by atoms with van der Waals surface area (Å²) in [5.41, 5.74) is 2.60. The van der Waals surface area contributed by atoms with Gasteiger partial charge in [0.05, 0.1) is 12.3 Å². The Bertz CT molecular complexity index is 504. The molecule has 0 fully saturated rings. The fourth-order valence-electron chi connectivity index (χ4n) is 1.96. The summed E-state index contributed by atoms with van der Waals surface area (Å²) in [5, 5.41) is 3.49. The van der Waals surface area contributed by atoms with Crippen LogP contribution in [0.15, 0.2) is 40.8 Å². The van der Waals surface area contributed by atoms with Crippen LogP contribution in [0.1, 0.15) is 35.6 Å². The van der Waals surface area contributed by atoms with E-state index in [0.29, 0.717) is 6.04 Å². The lowest BCUT2D eigenvalue weighted by Crippen LogP contribution is -2.17. The summed E-state index contributed by atoms with van der Waals surface area (Å²) >= 11 is 1.78. The summed E-state index contributed by atoms with van der Waals surface area (Å²) in [6.07, 6.45) is 2.08. The molecule has 0 bridgehead atoms. The highest BCUT2D eigenvalue weighted by atomic mass is 32.2. The standard InChI is InChI=1S/C16H21NOS/c1-12-4-6-14(7-5-12)13(2)17-10-15-8-9-16(18-15)11-19-3/h4-9,13,17H,10-11H2,1-3H3/t13-/m0/s1. The van der Waals surface area contributed by atoms with Crippen LogP contribution in [-0.4, -0.2) is 6.26 Å². The third-order valence-electron chi connectivity index (χ3n) is 3.16. The van der Waals surface area contributed by atoms with Gasteiger partial charge in [-0.3, -0.25) is 0 Å². The van der Waals surface area contributed by atoms with E-state index in [1.165, 1.54) is 11.1 Å². The number of hydrogen-bond acceptors (Lipinski definition) is 3. The third-order valence-corrected chi connectivity index (χ3v) is 3.74. The van der Waals surface area contributed by atoms with Gasteiger partial charge in [0.25, 0.3) is 0 Å². The summed E-state index contributed by atoms with van der Waals surface area (Å²) in [6, 6.07) is 13.1. The Hall–Kier alpha value is -1.19. The van der Waals surface area contributed by atoms with Gasteiger partial charge in [0, 0.05) is 6.04 Å². The van der Waals surface area contributed by atoms with Crippen LogP contribution in [0, 0.1) is 6.92 Å². The Morgan fingerprint density at radius 1 is 1.11 bits per heavy atom. The summed E-state index contributed by atoms with van der Waals surface area (Å²) < 4.78 is 5.75. The highest BCUT2D eigenvalue weighted by Crippen LogP contribution is 2.16. The predicted octanol–water partition coefficient (Wildman–Crippen LogP) is 4.30. The maximum atomic E-state index is 5.75. The first-order valence-electron chi connectivity index (χ1n) is 6.55. The number of furan rings is 1. The molecule has 0 aliphatic rings. The SMILES string of the molecule is CSCc1ccc(CN[C@@H](C)c2ccc(C)cc2)o1. The van der Waals surface area contributed by atoms with E-state index in [0.717, 1.165) is 23.8 Å². The molecule has 0 saturated heterocycles. The van der Waals surface area contributed by atoms with Crippen molar-refractivity contribution in [2.24, 2.45) is 0 Å². The lowest BCUT2D eigenvalue weighted by Gasteiger charge is -2.13. The first-order chi connectivity index (χ1) is 9.19. The molecule has 0 spiro atoms. The van der Waals surface area contributed by atoms with Crippen LogP contribution in [0.25, 0.3) is 0 Å². The Morgan fingerprint density at radius 3 is 2.47 bits per heavy atom. The van der Waals surface area contributed by atoms with Crippen molar-refractivity contribution in [1.29, 1.82) is 0 Å². The molecular weight excluding hydrogens is 254 g/mol. The van der Waals surface area contributed by atoms with Crippen molar-refractivity contribution in [3.63, 3.8) is 0 Å². The van der Waals surface area contributed by atoms with Crippen molar-refractivity contribution < 1.29 is 4.42 Å². The van der Waals surface area contributed by atoms with E-state index >= 15 is 0 Å². The molecule has 0 aliphatic heterocycles. The summed E-state index contributed by atoms with van der Waals surface area (Å²) in [6.45, 7) is 5.05. The minimum atomic E-state index is 0.328. The second kappa shape index (κ2) is 6.83. The average Bonchev–Trinajstić information content (AvgIpc) is 2.85. The van der Waals surface area contributed by atoms with Crippen LogP contribution >= 0.6 is 11.8 Å². The van der Waals surface area contributed by atoms with Gasteiger partial charge < -0.3 is 9.73 Å². The molecule has 0 aliphatic carbocycles. The molecule has 1 heterocycles. The van der Waals surface area contributed by atoms with E-state index in [1.54, 1.807) is 11.8 Å². The van der Waals surface area contributed by atoms with Gasteiger partial charge in [0.1, 0.15) is 11.5 Å². The molecule has 0 radical (unpaired) electrons. The molecule has 1 aromatic carbocycles. The van der Waals surface area contributed by atoms with Gasteiger partial charge in [-0.2, -0.15) is 11.8 Å². The smallest absolute Gasteiger partial charge is 0.118 e. The number of rotatable bonds is 6. The number of thioether (sulfide) groups is 1. The highest BCUT2D eigenvalue weighted by Gasteiger charge is 2.06. The van der Waals surface area contributed by atoms with Gasteiger partial charge >= 0.3 is 0 Å². The molecule has 2 aromatic rings. The first kappa shape index (κ1) is 14.2. The van der Waals surface area contributed by atoms with Crippen LogP contribution in [0.3, 0.4) is 0 Å². The second-order valence-electron chi connectivity index (χ2n) is 4.81. The third kappa shape index (κ3) is 4.15. The van der Waals surface area contributed by atoms with E-state index in [-0.39, 0.29) is 0 Å². The molecule has 2 rings (SSSR count). The van der Waals surface area contributed by atoms with Gasteiger partial charge in [0.15, 0.2) is 0 Å².